The van der Waals surface area contributed by atoms with Gasteiger partial charge in [-0.05, 0) is 51.5 Å². The number of allylic oxidation sites excluding steroid dienone is 8. The molecule has 2 saturated carbocycles. The first-order valence-electron chi connectivity index (χ1n) is 12.8. The summed E-state index contributed by atoms with van der Waals surface area (Å²) in [7, 11) is 4.62. The molecule has 3 fully saturated rings. The largest absolute Gasteiger partial charge is 0.374 e. The summed E-state index contributed by atoms with van der Waals surface area (Å²) in [6.07, 6.45) is 26.9. The molecule has 0 aromatic carbocycles. The van der Waals surface area contributed by atoms with Crippen LogP contribution in [-0.4, -0.2) is 41.4 Å². The van der Waals surface area contributed by atoms with E-state index in [2.05, 4.69) is 93.8 Å². The van der Waals surface area contributed by atoms with Crippen LogP contribution in [0.3, 0.4) is 0 Å². The summed E-state index contributed by atoms with van der Waals surface area (Å²) in [4.78, 5) is 2.58. The molecule has 2 heterocycles. The smallest absolute Gasteiger partial charge is 0.182 e. The highest BCUT2D eigenvalue weighted by Crippen LogP contribution is 2.52. The van der Waals surface area contributed by atoms with Crippen LogP contribution >= 0.6 is 0 Å². The molecule has 1 saturated heterocycles. The molecule has 4 unspecified atom stereocenters. The zero-order chi connectivity index (χ0) is 22.2. The fourth-order valence-corrected chi connectivity index (χ4v) is 7.63. The Morgan fingerprint density at radius 3 is 2.10 bits per heavy atom. The molecule has 0 amide bonds. The third-order valence-electron chi connectivity index (χ3n) is 9.34. The van der Waals surface area contributed by atoms with Crippen LogP contribution in [0.5, 0.6) is 0 Å². The topological polar surface area (TPSA) is 6.25 Å². The average Bonchev–Trinajstić information content (AvgIpc) is 3.07. The van der Waals surface area contributed by atoms with Crippen LogP contribution in [0, 0.1) is 22.7 Å². The summed E-state index contributed by atoms with van der Waals surface area (Å²) in [5.41, 5.74) is 3.61. The Balaban J connectivity index is 1.40. The van der Waals surface area contributed by atoms with Crippen LogP contribution in [0.25, 0.3) is 0 Å². The Hall–Kier alpha value is -1.57. The van der Waals surface area contributed by atoms with Gasteiger partial charge in [-0.2, -0.15) is 0 Å². The average molecular weight is 422 g/mol. The SMILES string of the molecule is CN1/C(=C/C=C/C=C/C=C/C2=[N+](C)C3CCCCC3C2(C)C)C(C)(C)C2CCCCC21. The fourth-order valence-electron chi connectivity index (χ4n) is 7.63. The normalized spacial score (nSPS) is 36.3. The van der Waals surface area contributed by atoms with E-state index < -0.39 is 0 Å². The monoisotopic (exact) mass is 421 g/mol. The third kappa shape index (κ3) is 4.00. The van der Waals surface area contributed by atoms with Gasteiger partial charge in [0.05, 0.1) is 5.41 Å². The summed E-state index contributed by atoms with van der Waals surface area (Å²) in [5, 5.41) is 0. The van der Waals surface area contributed by atoms with Crippen LogP contribution in [0.2, 0.25) is 0 Å². The second-order valence-electron chi connectivity index (χ2n) is 11.6. The zero-order valence-electron chi connectivity index (χ0n) is 20.9. The lowest BCUT2D eigenvalue weighted by atomic mass is 9.69. The zero-order valence-corrected chi connectivity index (χ0v) is 20.9. The molecule has 0 radical (unpaired) electrons. The van der Waals surface area contributed by atoms with Gasteiger partial charge in [0.1, 0.15) is 7.05 Å². The molecule has 0 N–H and O–H groups in total. The van der Waals surface area contributed by atoms with Gasteiger partial charge in [0.2, 0.25) is 0 Å². The van der Waals surface area contributed by atoms with Crippen molar-refractivity contribution < 1.29 is 4.58 Å². The second kappa shape index (κ2) is 8.75. The summed E-state index contributed by atoms with van der Waals surface area (Å²) in [5.74, 6) is 1.63. The minimum atomic E-state index is 0.292. The number of likely N-dealkylation sites (tertiary alicyclic amines) is 1. The van der Waals surface area contributed by atoms with E-state index in [-0.39, 0.29) is 0 Å². The van der Waals surface area contributed by atoms with Gasteiger partial charge in [0.15, 0.2) is 11.8 Å². The standard InChI is InChI=1S/C29H45N2/c1-28(2)22-16-12-14-18-24(22)30(5)26(28)20-10-8-7-9-11-21-27-29(3,4)23-17-13-15-19-25(23)31(27)6/h7-11,20-25H,12-19H2,1-6H3/q+1. The molecule has 2 aliphatic carbocycles. The Morgan fingerprint density at radius 1 is 0.774 bits per heavy atom. The van der Waals surface area contributed by atoms with Gasteiger partial charge in [-0.3, -0.25) is 0 Å². The van der Waals surface area contributed by atoms with E-state index in [1.54, 1.807) is 0 Å². The minimum Gasteiger partial charge on any atom is -0.374 e. The Labute approximate surface area is 191 Å². The molecule has 4 aliphatic rings. The first-order valence-corrected chi connectivity index (χ1v) is 12.8. The van der Waals surface area contributed by atoms with Crippen molar-refractivity contribution in [2.24, 2.45) is 22.7 Å². The molecule has 0 aromatic heterocycles. The van der Waals surface area contributed by atoms with Crippen molar-refractivity contribution >= 4 is 5.71 Å². The first kappa shape index (κ1) is 22.6. The number of hydrogen-bond donors (Lipinski definition) is 0. The molecule has 2 heteroatoms. The molecule has 0 aromatic rings. The van der Waals surface area contributed by atoms with Gasteiger partial charge in [0.25, 0.3) is 0 Å². The maximum Gasteiger partial charge on any atom is 0.182 e. The molecule has 2 nitrogen and oxygen atoms in total. The maximum atomic E-state index is 2.58. The highest BCUT2D eigenvalue weighted by Gasteiger charge is 2.53. The van der Waals surface area contributed by atoms with Crippen molar-refractivity contribution in [1.82, 2.24) is 4.90 Å². The van der Waals surface area contributed by atoms with Gasteiger partial charge in [0, 0.05) is 42.6 Å². The van der Waals surface area contributed by atoms with Crippen molar-refractivity contribution in [3.8, 4) is 0 Å². The molecule has 31 heavy (non-hydrogen) atoms. The number of nitrogens with zero attached hydrogens (tertiary/aromatic N) is 2. The summed E-state index contributed by atoms with van der Waals surface area (Å²) >= 11 is 0. The highest BCUT2D eigenvalue weighted by atomic mass is 15.2. The van der Waals surface area contributed by atoms with Crippen molar-refractivity contribution in [2.45, 2.75) is 91.1 Å². The van der Waals surface area contributed by atoms with Crippen LogP contribution in [0.1, 0.15) is 79.1 Å². The lowest BCUT2D eigenvalue weighted by molar-refractivity contribution is -0.538. The maximum absolute atomic E-state index is 2.58. The predicted molar refractivity (Wildman–Crippen MR) is 134 cm³/mol. The van der Waals surface area contributed by atoms with Crippen molar-refractivity contribution in [2.75, 3.05) is 14.1 Å². The summed E-state index contributed by atoms with van der Waals surface area (Å²) in [6.45, 7) is 9.80. The van der Waals surface area contributed by atoms with Crippen LogP contribution in [0.4, 0.5) is 0 Å². The van der Waals surface area contributed by atoms with Gasteiger partial charge < -0.3 is 4.90 Å². The van der Waals surface area contributed by atoms with Crippen molar-refractivity contribution in [1.29, 1.82) is 0 Å². The van der Waals surface area contributed by atoms with Crippen LogP contribution < -0.4 is 0 Å². The van der Waals surface area contributed by atoms with E-state index >= 15 is 0 Å². The number of fused-ring (bicyclic) bond motifs is 2. The fraction of sp³-hybridized carbons (Fsp3) is 0.690. The molecule has 0 spiro atoms. The Bertz CT molecular complexity index is 820. The van der Waals surface area contributed by atoms with Gasteiger partial charge in [-0.15, -0.1) is 0 Å². The van der Waals surface area contributed by atoms with Gasteiger partial charge >= 0.3 is 0 Å². The molecular weight excluding hydrogens is 376 g/mol. The minimum absolute atomic E-state index is 0.292. The summed E-state index contributed by atoms with van der Waals surface area (Å²) in [6, 6.07) is 1.49. The van der Waals surface area contributed by atoms with Crippen molar-refractivity contribution in [3.05, 3.63) is 48.2 Å². The molecular formula is C29H45N2+. The van der Waals surface area contributed by atoms with E-state index in [1.165, 1.54) is 62.8 Å². The third-order valence-corrected chi connectivity index (χ3v) is 9.34. The van der Waals surface area contributed by atoms with Crippen molar-refractivity contribution in [3.63, 3.8) is 0 Å². The van der Waals surface area contributed by atoms with Crippen LogP contribution in [-0.2, 0) is 0 Å². The Morgan fingerprint density at radius 2 is 1.39 bits per heavy atom. The Kier molecular flexibility index (Phi) is 6.39. The lowest BCUT2D eigenvalue weighted by Crippen LogP contribution is -2.34. The van der Waals surface area contributed by atoms with E-state index in [9.17, 15) is 0 Å². The first-order chi connectivity index (χ1) is 14.8. The molecule has 0 bridgehead atoms. The van der Waals surface area contributed by atoms with Gasteiger partial charge in [-0.1, -0.05) is 63.5 Å². The number of rotatable bonds is 4. The molecule has 4 atom stereocenters. The lowest BCUT2D eigenvalue weighted by Gasteiger charge is -2.33. The quantitative estimate of drug-likeness (QED) is 0.359. The van der Waals surface area contributed by atoms with Gasteiger partial charge in [-0.25, -0.2) is 4.58 Å². The summed E-state index contributed by atoms with van der Waals surface area (Å²) < 4.78 is 2.58. The predicted octanol–water partition coefficient (Wildman–Crippen LogP) is 6.75. The second-order valence-corrected chi connectivity index (χ2v) is 11.6. The molecule has 4 rings (SSSR count). The van der Waals surface area contributed by atoms with Crippen LogP contribution in [0.15, 0.2) is 48.2 Å². The number of hydrogen-bond acceptors (Lipinski definition) is 1. The van der Waals surface area contributed by atoms with E-state index in [0.29, 0.717) is 10.8 Å². The molecule has 170 valence electrons. The van der Waals surface area contributed by atoms with E-state index in [0.717, 1.165) is 23.9 Å². The van der Waals surface area contributed by atoms with E-state index in [4.69, 9.17) is 0 Å². The highest BCUT2D eigenvalue weighted by molar-refractivity contribution is 5.96. The van der Waals surface area contributed by atoms with E-state index in [1.807, 2.05) is 0 Å². The molecule has 2 aliphatic heterocycles.